The first-order valence-corrected chi connectivity index (χ1v) is 9.80. The molecule has 0 aliphatic rings. The van der Waals surface area contributed by atoms with E-state index in [4.69, 9.17) is 0 Å². The normalized spacial score (nSPS) is 11.5. The van der Waals surface area contributed by atoms with E-state index in [9.17, 15) is 13.2 Å². The predicted molar refractivity (Wildman–Crippen MR) is 102 cm³/mol. The highest BCUT2D eigenvalue weighted by atomic mass is 32.2. The topological polar surface area (TPSA) is 92.6 Å². The molecular formula is C18H20N4O3S. The van der Waals surface area contributed by atoms with E-state index in [1.165, 1.54) is 0 Å². The summed E-state index contributed by atoms with van der Waals surface area (Å²) < 4.78 is 27.7. The molecule has 1 amide bonds. The van der Waals surface area contributed by atoms with Crippen LogP contribution in [-0.4, -0.2) is 29.5 Å². The highest BCUT2D eigenvalue weighted by Gasteiger charge is 2.13. The highest BCUT2D eigenvalue weighted by molar-refractivity contribution is 7.92. The van der Waals surface area contributed by atoms with Gasteiger partial charge in [0.15, 0.2) is 0 Å². The average molecular weight is 372 g/mol. The number of aromatic nitrogens is 2. The highest BCUT2D eigenvalue weighted by Crippen LogP contribution is 2.21. The zero-order valence-corrected chi connectivity index (χ0v) is 15.6. The van der Waals surface area contributed by atoms with Gasteiger partial charge < -0.3 is 9.72 Å². The molecule has 2 aromatic heterocycles. The maximum Gasteiger partial charge on any atom is 0.275 e. The van der Waals surface area contributed by atoms with Crippen LogP contribution in [-0.2, 0) is 10.0 Å². The van der Waals surface area contributed by atoms with Gasteiger partial charge in [-0.1, -0.05) is 0 Å². The lowest BCUT2D eigenvalue weighted by Gasteiger charge is -2.11. The van der Waals surface area contributed by atoms with Crippen molar-refractivity contribution in [1.29, 1.82) is 0 Å². The number of anilines is 2. The van der Waals surface area contributed by atoms with Crippen LogP contribution in [0.4, 0.5) is 11.4 Å². The van der Waals surface area contributed by atoms with Crippen LogP contribution in [0.3, 0.4) is 0 Å². The summed E-state index contributed by atoms with van der Waals surface area (Å²) in [6.07, 6.45) is 3.52. The third kappa shape index (κ3) is 3.85. The van der Waals surface area contributed by atoms with Crippen molar-refractivity contribution in [2.24, 2.45) is 0 Å². The van der Waals surface area contributed by atoms with E-state index in [-0.39, 0.29) is 11.7 Å². The molecule has 7 nitrogen and oxygen atoms in total. The Labute approximate surface area is 152 Å². The van der Waals surface area contributed by atoms with Crippen LogP contribution in [0.2, 0.25) is 0 Å². The van der Waals surface area contributed by atoms with Gasteiger partial charge in [-0.3, -0.25) is 9.52 Å². The number of aryl methyl sites for hydroxylation is 2. The van der Waals surface area contributed by atoms with Gasteiger partial charge in [0.25, 0.3) is 5.91 Å². The first-order chi connectivity index (χ1) is 12.3. The number of nitrogens with one attached hydrogen (secondary N) is 2. The van der Waals surface area contributed by atoms with E-state index < -0.39 is 10.0 Å². The number of amides is 1. The molecule has 26 heavy (non-hydrogen) atoms. The van der Waals surface area contributed by atoms with Crippen LogP contribution >= 0.6 is 0 Å². The van der Waals surface area contributed by atoms with Crippen LogP contribution in [0.15, 0.2) is 42.7 Å². The number of carbonyl (C=O) groups is 1. The first-order valence-electron chi connectivity index (χ1n) is 8.15. The predicted octanol–water partition coefficient (Wildman–Crippen LogP) is 2.97. The molecule has 136 valence electrons. The van der Waals surface area contributed by atoms with E-state index >= 15 is 0 Å². The molecular weight excluding hydrogens is 352 g/mol. The number of sulfonamides is 1. The second kappa shape index (κ2) is 6.80. The largest absolute Gasteiger partial charge is 0.321 e. The third-order valence-corrected chi connectivity index (χ3v) is 5.27. The summed E-state index contributed by atoms with van der Waals surface area (Å²) in [7, 11) is -3.34. The number of benzene rings is 1. The van der Waals surface area contributed by atoms with Gasteiger partial charge in [-0.25, -0.2) is 13.4 Å². The molecule has 2 N–H and O–H groups in total. The maximum atomic E-state index is 12.4. The first kappa shape index (κ1) is 17.9. The lowest BCUT2D eigenvalue weighted by molar-refractivity contribution is 0.102. The Hall–Kier alpha value is -2.87. The minimum atomic E-state index is -3.34. The van der Waals surface area contributed by atoms with Crippen LogP contribution in [0.5, 0.6) is 0 Å². The maximum absolute atomic E-state index is 12.4. The van der Waals surface area contributed by atoms with E-state index in [0.29, 0.717) is 28.3 Å². The van der Waals surface area contributed by atoms with Crippen LogP contribution in [0.1, 0.15) is 28.5 Å². The Kier molecular flexibility index (Phi) is 4.69. The van der Waals surface area contributed by atoms with Crippen LogP contribution in [0.25, 0.3) is 5.65 Å². The van der Waals surface area contributed by atoms with E-state index in [1.807, 2.05) is 25.3 Å². The van der Waals surface area contributed by atoms with Crippen molar-refractivity contribution in [1.82, 2.24) is 9.38 Å². The summed E-state index contributed by atoms with van der Waals surface area (Å²) in [5, 5.41) is 2.79. The van der Waals surface area contributed by atoms with Crippen molar-refractivity contribution in [2.45, 2.75) is 20.8 Å². The molecule has 3 rings (SSSR count). The fourth-order valence-corrected chi connectivity index (χ4v) is 3.19. The molecule has 0 atom stereocenters. The van der Waals surface area contributed by atoms with Crippen molar-refractivity contribution in [3.63, 3.8) is 0 Å². The molecule has 0 bridgehead atoms. The average Bonchev–Trinajstić information content (AvgIpc) is 3.00. The Morgan fingerprint density at radius 2 is 1.96 bits per heavy atom. The fourth-order valence-electron chi connectivity index (χ4n) is 2.48. The SMILES string of the molecule is CCS(=O)(=O)Nc1ccc(NC(=O)c2cn3ccc(C)cc3n2)cc1C. The monoisotopic (exact) mass is 372 g/mol. The molecule has 0 spiro atoms. The van der Waals surface area contributed by atoms with Gasteiger partial charge in [0, 0.05) is 18.1 Å². The molecule has 3 aromatic rings. The Balaban J connectivity index is 1.79. The summed E-state index contributed by atoms with van der Waals surface area (Å²) in [6, 6.07) is 8.83. The number of carbonyl (C=O) groups excluding carboxylic acids is 1. The number of hydrogen-bond acceptors (Lipinski definition) is 4. The molecule has 0 aliphatic carbocycles. The van der Waals surface area contributed by atoms with Crippen molar-refractivity contribution in [3.05, 3.63) is 59.5 Å². The standard InChI is InChI=1S/C18H20N4O3S/c1-4-26(24,25)21-15-6-5-14(10-13(15)3)19-18(23)16-11-22-8-7-12(2)9-17(22)20-16/h5-11,21H,4H2,1-3H3,(H,19,23). The Morgan fingerprint density at radius 1 is 1.19 bits per heavy atom. The molecule has 8 heteroatoms. The zero-order chi connectivity index (χ0) is 18.9. The van der Waals surface area contributed by atoms with Crippen LogP contribution < -0.4 is 10.0 Å². The summed E-state index contributed by atoms with van der Waals surface area (Å²) in [4.78, 5) is 16.8. The van der Waals surface area contributed by atoms with Crippen LogP contribution in [0, 0.1) is 13.8 Å². The Bertz CT molecular complexity index is 1090. The van der Waals surface area contributed by atoms with Gasteiger partial charge in [-0.2, -0.15) is 0 Å². The number of fused-ring (bicyclic) bond motifs is 1. The molecule has 0 fully saturated rings. The second-order valence-electron chi connectivity index (χ2n) is 6.09. The van der Waals surface area contributed by atoms with E-state index in [1.54, 1.807) is 42.6 Å². The van der Waals surface area contributed by atoms with Gasteiger partial charge >= 0.3 is 0 Å². The van der Waals surface area contributed by atoms with Gasteiger partial charge in [-0.15, -0.1) is 0 Å². The van der Waals surface area contributed by atoms with Crippen molar-refractivity contribution in [3.8, 4) is 0 Å². The number of imidazole rings is 1. The summed E-state index contributed by atoms with van der Waals surface area (Å²) in [5.41, 5.74) is 3.86. The molecule has 0 saturated carbocycles. The second-order valence-corrected chi connectivity index (χ2v) is 8.10. The minimum absolute atomic E-state index is 0.00170. The quantitative estimate of drug-likeness (QED) is 0.720. The summed E-state index contributed by atoms with van der Waals surface area (Å²) in [6.45, 7) is 5.31. The molecule has 0 aliphatic heterocycles. The zero-order valence-electron chi connectivity index (χ0n) is 14.8. The Morgan fingerprint density at radius 3 is 2.65 bits per heavy atom. The number of hydrogen-bond donors (Lipinski definition) is 2. The molecule has 0 unspecified atom stereocenters. The minimum Gasteiger partial charge on any atom is -0.321 e. The molecule has 1 aromatic carbocycles. The van der Waals surface area contributed by atoms with E-state index in [0.717, 1.165) is 5.56 Å². The number of rotatable bonds is 5. The van der Waals surface area contributed by atoms with Crippen molar-refractivity contribution < 1.29 is 13.2 Å². The summed E-state index contributed by atoms with van der Waals surface area (Å²) in [5.74, 6) is -0.328. The van der Waals surface area contributed by atoms with Gasteiger partial charge in [0.05, 0.1) is 11.4 Å². The number of pyridine rings is 1. The van der Waals surface area contributed by atoms with Gasteiger partial charge in [0.2, 0.25) is 10.0 Å². The third-order valence-electron chi connectivity index (χ3n) is 3.98. The summed E-state index contributed by atoms with van der Waals surface area (Å²) >= 11 is 0. The molecule has 0 saturated heterocycles. The molecule has 0 radical (unpaired) electrons. The molecule has 2 heterocycles. The van der Waals surface area contributed by atoms with Gasteiger partial charge in [-0.05, 0) is 62.2 Å². The van der Waals surface area contributed by atoms with Gasteiger partial charge in [0.1, 0.15) is 11.3 Å². The lowest BCUT2D eigenvalue weighted by atomic mass is 10.2. The lowest BCUT2D eigenvalue weighted by Crippen LogP contribution is -2.16. The smallest absolute Gasteiger partial charge is 0.275 e. The van der Waals surface area contributed by atoms with Crippen molar-refractivity contribution in [2.75, 3.05) is 15.8 Å². The van der Waals surface area contributed by atoms with Crippen molar-refractivity contribution >= 4 is 33.0 Å². The fraction of sp³-hybridized carbons (Fsp3) is 0.222. The number of nitrogens with zero attached hydrogens (tertiary/aromatic N) is 2. The van der Waals surface area contributed by atoms with E-state index in [2.05, 4.69) is 15.0 Å².